The van der Waals surface area contributed by atoms with E-state index in [1.807, 2.05) is 0 Å². The number of hydrogen-bond donors (Lipinski definition) is 1. The standard InChI is InChI=1S/C13H14N2O4/c16-12(15-7-2-1-5-14-6-7)10-8-3-4-9(19-8)11(10)13(17)18/h1-2,5-6,8-11H,3-4H2,(H,15,16)(H,17,18)/p-1. The highest BCUT2D eigenvalue weighted by Crippen LogP contribution is 2.43. The van der Waals surface area contributed by atoms with Gasteiger partial charge in [0.15, 0.2) is 0 Å². The van der Waals surface area contributed by atoms with Gasteiger partial charge in [-0.05, 0) is 25.0 Å². The summed E-state index contributed by atoms with van der Waals surface area (Å²) in [6, 6.07) is 3.40. The molecule has 0 radical (unpaired) electrons. The van der Waals surface area contributed by atoms with E-state index in [0.717, 1.165) is 6.42 Å². The van der Waals surface area contributed by atoms with Gasteiger partial charge in [0.2, 0.25) is 5.91 Å². The Morgan fingerprint density at radius 3 is 2.68 bits per heavy atom. The lowest BCUT2D eigenvalue weighted by Crippen LogP contribution is -2.46. The number of carboxylic acids is 1. The van der Waals surface area contributed by atoms with Crippen LogP contribution in [0.2, 0.25) is 0 Å². The van der Waals surface area contributed by atoms with Gasteiger partial charge < -0.3 is 20.0 Å². The van der Waals surface area contributed by atoms with Crippen molar-refractivity contribution in [2.24, 2.45) is 11.8 Å². The number of fused-ring (bicyclic) bond motifs is 2. The number of carbonyl (C=O) groups is 2. The number of nitrogens with one attached hydrogen (secondary N) is 1. The van der Waals surface area contributed by atoms with Crippen LogP contribution in [0.5, 0.6) is 0 Å². The molecule has 6 nitrogen and oxygen atoms in total. The van der Waals surface area contributed by atoms with Crippen molar-refractivity contribution in [3.05, 3.63) is 24.5 Å². The van der Waals surface area contributed by atoms with Crippen molar-refractivity contribution in [1.82, 2.24) is 4.98 Å². The molecule has 0 spiro atoms. The minimum absolute atomic E-state index is 0.315. The number of rotatable bonds is 3. The van der Waals surface area contributed by atoms with Gasteiger partial charge in [-0.15, -0.1) is 0 Å². The molecule has 1 aromatic rings. The Morgan fingerprint density at radius 2 is 2.05 bits per heavy atom. The highest BCUT2D eigenvalue weighted by molar-refractivity contribution is 5.95. The summed E-state index contributed by atoms with van der Waals surface area (Å²) in [5, 5.41) is 13.9. The molecule has 3 heterocycles. The quantitative estimate of drug-likeness (QED) is 0.796. The van der Waals surface area contributed by atoms with E-state index >= 15 is 0 Å². The van der Waals surface area contributed by atoms with E-state index in [9.17, 15) is 14.7 Å². The van der Waals surface area contributed by atoms with Gasteiger partial charge >= 0.3 is 0 Å². The van der Waals surface area contributed by atoms with Crippen LogP contribution in [0.3, 0.4) is 0 Å². The SMILES string of the molecule is O=C([O-])C1C2CCC(O2)C1C(=O)Nc1cccnc1. The van der Waals surface area contributed by atoms with Crippen LogP contribution in [0.4, 0.5) is 5.69 Å². The van der Waals surface area contributed by atoms with Crippen molar-refractivity contribution in [3.63, 3.8) is 0 Å². The summed E-state index contributed by atoms with van der Waals surface area (Å²) < 4.78 is 5.52. The third-order valence-electron chi connectivity index (χ3n) is 3.78. The summed E-state index contributed by atoms with van der Waals surface area (Å²) in [5.74, 6) is -3.08. The molecule has 0 aliphatic carbocycles. The minimum Gasteiger partial charge on any atom is -0.550 e. The van der Waals surface area contributed by atoms with Crippen LogP contribution in [-0.2, 0) is 14.3 Å². The predicted molar refractivity (Wildman–Crippen MR) is 62.7 cm³/mol. The maximum absolute atomic E-state index is 12.2. The van der Waals surface area contributed by atoms with Gasteiger partial charge in [0.1, 0.15) is 0 Å². The van der Waals surface area contributed by atoms with Gasteiger partial charge in [0, 0.05) is 18.1 Å². The van der Waals surface area contributed by atoms with Gasteiger partial charge in [-0.1, -0.05) is 0 Å². The van der Waals surface area contributed by atoms with Crippen LogP contribution >= 0.6 is 0 Å². The van der Waals surface area contributed by atoms with Crippen LogP contribution in [0.1, 0.15) is 12.8 Å². The summed E-state index contributed by atoms with van der Waals surface area (Å²) >= 11 is 0. The van der Waals surface area contributed by atoms with Gasteiger partial charge in [0.25, 0.3) is 0 Å². The Labute approximate surface area is 109 Å². The zero-order valence-electron chi connectivity index (χ0n) is 10.1. The topological polar surface area (TPSA) is 91.4 Å². The average molecular weight is 261 g/mol. The molecule has 1 N–H and O–H groups in total. The molecule has 19 heavy (non-hydrogen) atoms. The second-order valence-electron chi connectivity index (χ2n) is 4.89. The largest absolute Gasteiger partial charge is 0.550 e. The normalized spacial score (nSPS) is 32.2. The molecule has 3 rings (SSSR count). The number of nitrogens with zero attached hydrogens (tertiary/aromatic N) is 1. The summed E-state index contributed by atoms with van der Waals surface area (Å²) in [5.41, 5.74) is 0.548. The average Bonchev–Trinajstić information content (AvgIpc) is 2.99. The number of carboxylic acid groups (broad SMARTS) is 1. The highest BCUT2D eigenvalue weighted by atomic mass is 16.5. The molecular weight excluding hydrogens is 248 g/mol. The van der Waals surface area contributed by atoms with Crippen molar-refractivity contribution < 1.29 is 19.4 Å². The zero-order chi connectivity index (χ0) is 13.4. The lowest BCUT2D eigenvalue weighted by atomic mass is 9.78. The second kappa shape index (κ2) is 4.62. The molecule has 4 unspecified atom stereocenters. The van der Waals surface area contributed by atoms with Crippen molar-refractivity contribution in [1.29, 1.82) is 0 Å². The molecule has 2 aliphatic heterocycles. The minimum atomic E-state index is -1.21. The highest BCUT2D eigenvalue weighted by Gasteiger charge is 2.52. The summed E-state index contributed by atoms with van der Waals surface area (Å²) in [6.45, 7) is 0. The van der Waals surface area contributed by atoms with Gasteiger partial charge in [-0.2, -0.15) is 0 Å². The van der Waals surface area contributed by atoms with Crippen LogP contribution in [0.15, 0.2) is 24.5 Å². The summed E-state index contributed by atoms with van der Waals surface area (Å²) in [7, 11) is 0. The molecule has 2 bridgehead atoms. The molecule has 2 aliphatic rings. The van der Waals surface area contributed by atoms with Crippen LogP contribution in [-0.4, -0.2) is 29.1 Å². The van der Waals surface area contributed by atoms with E-state index in [4.69, 9.17) is 4.74 Å². The predicted octanol–water partition coefficient (Wildman–Crippen LogP) is -0.436. The molecule has 4 atom stereocenters. The maximum Gasteiger partial charge on any atom is 0.230 e. The van der Waals surface area contributed by atoms with E-state index < -0.39 is 17.8 Å². The molecule has 2 fully saturated rings. The van der Waals surface area contributed by atoms with Crippen molar-refractivity contribution in [2.45, 2.75) is 25.0 Å². The zero-order valence-corrected chi connectivity index (χ0v) is 10.1. The second-order valence-corrected chi connectivity index (χ2v) is 4.89. The summed E-state index contributed by atoms with van der Waals surface area (Å²) in [6.07, 6.45) is 3.81. The van der Waals surface area contributed by atoms with Crippen LogP contribution in [0, 0.1) is 11.8 Å². The lowest BCUT2D eigenvalue weighted by Gasteiger charge is -2.27. The molecule has 2 saturated heterocycles. The number of hydrogen-bond acceptors (Lipinski definition) is 5. The van der Waals surface area contributed by atoms with Crippen molar-refractivity contribution in [2.75, 3.05) is 5.32 Å². The molecule has 1 aromatic heterocycles. The Balaban J connectivity index is 1.77. The van der Waals surface area contributed by atoms with E-state index in [2.05, 4.69) is 10.3 Å². The van der Waals surface area contributed by atoms with Crippen LogP contribution in [0.25, 0.3) is 0 Å². The maximum atomic E-state index is 12.2. The number of aliphatic carboxylic acids is 1. The number of aromatic nitrogens is 1. The van der Waals surface area contributed by atoms with Crippen molar-refractivity contribution >= 4 is 17.6 Å². The third kappa shape index (κ3) is 2.08. The van der Waals surface area contributed by atoms with E-state index in [1.165, 1.54) is 6.20 Å². The van der Waals surface area contributed by atoms with Gasteiger partial charge in [-0.25, -0.2) is 0 Å². The first-order valence-corrected chi connectivity index (χ1v) is 6.24. The fourth-order valence-corrected chi connectivity index (χ4v) is 2.97. The fraction of sp³-hybridized carbons (Fsp3) is 0.462. The van der Waals surface area contributed by atoms with E-state index in [1.54, 1.807) is 18.3 Å². The number of carbonyl (C=O) groups excluding carboxylic acids is 2. The number of ether oxygens (including phenoxy) is 1. The number of amides is 1. The lowest BCUT2D eigenvalue weighted by molar-refractivity contribution is -0.313. The molecule has 0 saturated carbocycles. The number of anilines is 1. The molecule has 100 valence electrons. The molecule has 1 amide bonds. The van der Waals surface area contributed by atoms with E-state index in [-0.39, 0.29) is 18.1 Å². The van der Waals surface area contributed by atoms with E-state index in [0.29, 0.717) is 12.1 Å². The van der Waals surface area contributed by atoms with Gasteiger partial charge in [-0.3, -0.25) is 9.78 Å². The number of pyridine rings is 1. The van der Waals surface area contributed by atoms with Crippen molar-refractivity contribution in [3.8, 4) is 0 Å². The molecule has 6 heteroatoms. The Hall–Kier alpha value is -1.95. The summed E-state index contributed by atoms with van der Waals surface area (Å²) in [4.78, 5) is 27.3. The monoisotopic (exact) mass is 261 g/mol. The Bertz CT molecular complexity index is 505. The first-order valence-electron chi connectivity index (χ1n) is 6.24. The first-order chi connectivity index (χ1) is 9.16. The molecular formula is C13H13N2O4-. The Morgan fingerprint density at radius 1 is 1.32 bits per heavy atom. The fourth-order valence-electron chi connectivity index (χ4n) is 2.97. The third-order valence-corrected chi connectivity index (χ3v) is 3.78. The van der Waals surface area contributed by atoms with Crippen LogP contribution < -0.4 is 10.4 Å². The Kier molecular flexibility index (Phi) is 2.94. The van der Waals surface area contributed by atoms with Gasteiger partial charge in [0.05, 0.1) is 30.0 Å². The first kappa shape index (κ1) is 12.1. The smallest absolute Gasteiger partial charge is 0.230 e. The molecule has 0 aromatic carbocycles.